The third-order valence-electron chi connectivity index (χ3n) is 6.64. The Morgan fingerprint density at radius 2 is 1.74 bits per heavy atom. The molecule has 0 bridgehead atoms. The number of Topliss-reactive ketones (excluding diaryl/α,β-unsaturated/α-hetero) is 1. The summed E-state index contributed by atoms with van der Waals surface area (Å²) in [5.41, 5.74) is 3.31. The van der Waals surface area contributed by atoms with E-state index in [1.807, 2.05) is 24.3 Å². The van der Waals surface area contributed by atoms with Crippen LogP contribution in [-0.2, 0) is 16.8 Å². The minimum atomic E-state index is -1.89. The summed E-state index contributed by atoms with van der Waals surface area (Å²) in [7, 11) is 0. The Bertz CT molecular complexity index is 1320. The molecule has 1 atom stereocenters. The number of fused-ring (bicyclic) bond motifs is 2. The molecular weight excluding hydrogens is 469 g/mol. The largest absolute Gasteiger partial charge is 0.375 e. The first kappa shape index (κ1) is 22.9. The molecule has 1 aliphatic carbocycles. The molecule has 0 unspecified atom stereocenters. The fourth-order valence-electron chi connectivity index (χ4n) is 4.90. The Morgan fingerprint density at radius 3 is 2.53 bits per heavy atom. The Morgan fingerprint density at radius 1 is 1.00 bits per heavy atom. The summed E-state index contributed by atoms with van der Waals surface area (Å²) in [6.07, 6.45) is 4.29. The van der Waals surface area contributed by atoms with E-state index in [1.165, 1.54) is 16.7 Å². The van der Waals surface area contributed by atoms with Gasteiger partial charge in [0.05, 0.1) is 12.1 Å². The molecule has 3 aromatic rings. The van der Waals surface area contributed by atoms with Crippen LogP contribution in [0.5, 0.6) is 0 Å². The quantitative estimate of drug-likeness (QED) is 0.399. The third-order valence-corrected chi connectivity index (χ3v) is 7.12. The number of allylic oxidation sites excluding steroid dienone is 2. The van der Waals surface area contributed by atoms with Gasteiger partial charge in [0.1, 0.15) is 0 Å². The molecule has 34 heavy (non-hydrogen) atoms. The van der Waals surface area contributed by atoms with E-state index in [9.17, 15) is 14.7 Å². The van der Waals surface area contributed by atoms with Gasteiger partial charge in [-0.15, -0.1) is 0 Å². The van der Waals surface area contributed by atoms with Gasteiger partial charge in [-0.25, -0.2) is 0 Å². The number of hydrogen-bond donors (Lipinski definition) is 1. The van der Waals surface area contributed by atoms with Crippen LogP contribution in [0.1, 0.15) is 46.3 Å². The average Bonchev–Trinajstić information content (AvgIpc) is 3.32. The second-order valence-electron chi connectivity index (χ2n) is 8.78. The number of ketones is 1. The Hall–Kier alpha value is -2.92. The number of benzene rings is 3. The molecule has 3 aromatic carbocycles. The van der Waals surface area contributed by atoms with Crippen LogP contribution in [0.2, 0.25) is 10.0 Å². The van der Waals surface area contributed by atoms with Crippen molar-refractivity contribution in [2.75, 3.05) is 11.4 Å². The maximum absolute atomic E-state index is 13.4. The second-order valence-corrected chi connectivity index (χ2v) is 9.65. The molecule has 0 aromatic heterocycles. The molecule has 5 rings (SSSR count). The van der Waals surface area contributed by atoms with Gasteiger partial charge < -0.3 is 10.0 Å². The minimum absolute atomic E-state index is 0.311. The summed E-state index contributed by atoms with van der Waals surface area (Å²) in [6.45, 7) is 0.445. The molecular formula is C28H23Cl2NO3. The van der Waals surface area contributed by atoms with E-state index in [1.54, 1.807) is 41.3 Å². The summed E-state index contributed by atoms with van der Waals surface area (Å²) in [6, 6.07) is 19.6. The zero-order valence-electron chi connectivity index (χ0n) is 18.4. The number of nitrogens with zero attached hydrogens (tertiary/aromatic N) is 1. The normalized spacial score (nSPS) is 18.6. The lowest BCUT2D eigenvalue weighted by molar-refractivity contribution is -0.135. The summed E-state index contributed by atoms with van der Waals surface area (Å²) in [5, 5.41) is 12.7. The van der Waals surface area contributed by atoms with E-state index in [2.05, 4.69) is 12.1 Å². The molecule has 0 radical (unpaired) electrons. The first-order chi connectivity index (χ1) is 16.4. The van der Waals surface area contributed by atoms with E-state index in [0.717, 1.165) is 19.3 Å². The molecule has 0 saturated carbocycles. The summed E-state index contributed by atoms with van der Waals surface area (Å²) >= 11 is 12.1. The van der Waals surface area contributed by atoms with Crippen LogP contribution in [0.3, 0.4) is 0 Å². The Balaban J connectivity index is 1.33. The van der Waals surface area contributed by atoms with E-state index >= 15 is 0 Å². The number of carbonyl (C=O) groups excluding carboxylic acids is 2. The lowest BCUT2D eigenvalue weighted by Gasteiger charge is -2.23. The summed E-state index contributed by atoms with van der Waals surface area (Å²) in [4.78, 5) is 28.0. The molecule has 172 valence electrons. The van der Waals surface area contributed by atoms with Gasteiger partial charge in [0, 0.05) is 27.7 Å². The highest BCUT2D eigenvalue weighted by molar-refractivity contribution is 6.31. The predicted molar refractivity (Wildman–Crippen MR) is 135 cm³/mol. The molecule has 4 nitrogen and oxygen atoms in total. The van der Waals surface area contributed by atoms with E-state index in [0.29, 0.717) is 33.4 Å². The second kappa shape index (κ2) is 9.03. The molecule has 1 aliphatic heterocycles. The summed E-state index contributed by atoms with van der Waals surface area (Å²) in [5.74, 6) is -0.770. The zero-order valence-corrected chi connectivity index (χ0v) is 19.9. The topological polar surface area (TPSA) is 57.6 Å². The maximum Gasteiger partial charge on any atom is 0.264 e. The van der Waals surface area contributed by atoms with Gasteiger partial charge in [0.2, 0.25) is 0 Å². The van der Waals surface area contributed by atoms with Gasteiger partial charge in [-0.1, -0.05) is 53.5 Å². The van der Waals surface area contributed by atoms with Crippen molar-refractivity contribution < 1.29 is 14.7 Å². The number of amides is 1. The lowest BCUT2D eigenvalue weighted by Crippen LogP contribution is -2.42. The van der Waals surface area contributed by atoms with Crippen LogP contribution in [0, 0.1) is 0 Å². The maximum atomic E-state index is 13.4. The highest BCUT2D eigenvalue weighted by Gasteiger charge is 2.50. The number of para-hydroxylation sites is 1. The number of anilines is 1. The van der Waals surface area contributed by atoms with Gasteiger partial charge in [0.15, 0.2) is 11.4 Å². The van der Waals surface area contributed by atoms with Crippen molar-refractivity contribution in [1.82, 2.24) is 0 Å². The van der Waals surface area contributed by atoms with Gasteiger partial charge in [0.25, 0.3) is 5.91 Å². The highest BCUT2D eigenvalue weighted by atomic mass is 35.5. The molecule has 1 heterocycles. The predicted octanol–water partition coefficient (Wildman–Crippen LogP) is 6.22. The lowest BCUT2D eigenvalue weighted by atomic mass is 9.88. The standard InChI is InChI=1S/C28H23Cl2NO3/c29-21-12-10-20(11-13-21)26(32)17-28(34)24-5-1-2-6-25(24)31(27(28)33)15-3-4-18-7-8-19-9-14-22(30)16-23(18)19/h1-2,5-7,9-14,16,34H,3-4,8,15,17H2/t28-/m1/s1. The van der Waals surface area contributed by atoms with Crippen molar-refractivity contribution in [2.24, 2.45) is 0 Å². The van der Waals surface area contributed by atoms with E-state index < -0.39 is 11.5 Å². The van der Waals surface area contributed by atoms with E-state index in [4.69, 9.17) is 23.2 Å². The molecule has 1 amide bonds. The van der Waals surface area contributed by atoms with Crippen molar-refractivity contribution in [3.05, 3.63) is 105 Å². The number of aliphatic hydroxyl groups is 1. The monoisotopic (exact) mass is 491 g/mol. The third kappa shape index (κ3) is 4.07. The molecule has 2 aliphatic rings. The molecule has 6 heteroatoms. The molecule has 1 N–H and O–H groups in total. The average molecular weight is 492 g/mol. The van der Waals surface area contributed by atoms with Crippen molar-refractivity contribution in [2.45, 2.75) is 31.3 Å². The van der Waals surface area contributed by atoms with Gasteiger partial charge >= 0.3 is 0 Å². The van der Waals surface area contributed by atoms with Crippen LogP contribution in [-0.4, -0.2) is 23.3 Å². The van der Waals surface area contributed by atoms with Crippen LogP contribution in [0.15, 0.2) is 72.8 Å². The summed E-state index contributed by atoms with van der Waals surface area (Å²) < 4.78 is 0. The SMILES string of the molecule is O=C(C[C@]1(O)C(=O)N(CCCC2=CCc3ccc(Cl)cc32)c2ccccc21)c1ccc(Cl)cc1. The van der Waals surface area contributed by atoms with Crippen molar-refractivity contribution in [3.63, 3.8) is 0 Å². The van der Waals surface area contributed by atoms with Crippen LogP contribution in [0.4, 0.5) is 5.69 Å². The fraction of sp³-hybridized carbons (Fsp3) is 0.214. The fourth-order valence-corrected chi connectivity index (χ4v) is 5.20. The van der Waals surface area contributed by atoms with Gasteiger partial charge in [-0.3, -0.25) is 9.59 Å². The Labute approximate surface area is 208 Å². The first-order valence-electron chi connectivity index (χ1n) is 11.3. The molecule has 0 spiro atoms. The number of halogens is 2. The number of hydrogen-bond acceptors (Lipinski definition) is 3. The molecule has 0 saturated heterocycles. The van der Waals surface area contributed by atoms with Crippen LogP contribution < -0.4 is 4.90 Å². The minimum Gasteiger partial charge on any atom is -0.375 e. The van der Waals surface area contributed by atoms with Crippen molar-refractivity contribution >= 4 is 46.2 Å². The van der Waals surface area contributed by atoms with Gasteiger partial charge in [-0.2, -0.15) is 0 Å². The van der Waals surface area contributed by atoms with Crippen LogP contribution in [0.25, 0.3) is 5.57 Å². The first-order valence-corrected chi connectivity index (χ1v) is 12.0. The smallest absolute Gasteiger partial charge is 0.264 e. The van der Waals surface area contributed by atoms with E-state index in [-0.39, 0.29) is 12.2 Å². The Kier molecular flexibility index (Phi) is 6.07. The van der Waals surface area contributed by atoms with Gasteiger partial charge in [-0.05, 0) is 78.4 Å². The highest BCUT2D eigenvalue weighted by Crippen LogP contribution is 2.43. The van der Waals surface area contributed by atoms with Crippen molar-refractivity contribution in [1.29, 1.82) is 0 Å². The molecule has 0 fully saturated rings. The number of carbonyl (C=O) groups is 2. The zero-order chi connectivity index (χ0) is 23.9. The van der Waals surface area contributed by atoms with Crippen molar-refractivity contribution in [3.8, 4) is 0 Å². The number of rotatable bonds is 7. The van der Waals surface area contributed by atoms with Crippen LogP contribution >= 0.6 is 23.2 Å².